The van der Waals surface area contributed by atoms with E-state index in [-0.39, 0.29) is 5.56 Å². The molecule has 0 atom stereocenters. The maximum atomic E-state index is 12.3. The number of methoxy groups -OCH3 is 2. The molecule has 5 heteroatoms. The fourth-order valence-electron chi connectivity index (χ4n) is 2.57. The van der Waals surface area contributed by atoms with Crippen LogP contribution in [0.3, 0.4) is 0 Å². The number of hydrogen-bond donors (Lipinski definition) is 1. The molecule has 0 unspecified atom stereocenters. The molecule has 0 amide bonds. The number of pyridine rings is 2. The first-order valence-corrected chi connectivity index (χ1v) is 7.30. The summed E-state index contributed by atoms with van der Waals surface area (Å²) in [6.07, 6.45) is 2.44. The smallest absolute Gasteiger partial charge is 0.256 e. The minimum Gasteiger partial charge on any atom is -0.493 e. The zero-order valence-corrected chi connectivity index (χ0v) is 13.3. The van der Waals surface area contributed by atoms with Crippen LogP contribution in [0.25, 0.3) is 10.8 Å². The molecule has 2 heterocycles. The Labute approximate surface area is 133 Å². The van der Waals surface area contributed by atoms with E-state index in [4.69, 9.17) is 9.47 Å². The van der Waals surface area contributed by atoms with E-state index in [9.17, 15) is 4.79 Å². The van der Waals surface area contributed by atoms with Crippen LogP contribution in [0.2, 0.25) is 0 Å². The van der Waals surface area contributed by atoms with E-state index in [1.807, 2.05) is 37.4 Å². The fourth-order valence-corrected chi connectivity index (χ4v) is 2.57. The highest BCUT2D eigenvalue weighted by Crippen LogP contribution is 2.31. The van der Waals surface area contributed by atoms with Gasteiger partial charge in [0.15, 0.2) is 11.5 Å². The number of H-pyrrole nitrogens is 1. The van der Waals surface area contributed by atoms with E-state index in [1.165, 1.54) is 0 Å². The summed E-state index contributed by atoms with van der Waals surface area (Å²) in [5.41, 5.74) is 2.71. The van der Waals surface area contributed by atoms with Gasteiger partial charge in [-0.05, 0) is 42.1 Å². The van der Waals surface area contributed by atoms with E-state index in [0.717, 1.165) is 22.3 Å². The zero-order chi connectivity index (χ0) is 16.4. The Morgan fingerprint density at radius 1 is 1.09 bits per heavy atom. The molecule has 0 aliphatic heterocycles. The summed E-state index contributed by atoms with van der Waals surface area (Å²) < 4.78 is 10.6. The van der Waals surface area contributed by atoms with Crippen molar-refractivity contribution in [2.45, 2.75) is 13.3 Å². The number of fused-ring (bicyclic) bond motifs is 1. The van der Waals surface area contributed by atoms with Crippen molar-refractivity contribution in [2.24, 2.45) is 0 Å². The molecule has 1 aromatic carbocycles. The third-order valence-electron chi connectivity index (χ3n) is 3.77. The topological polar surface area (TPSA) is 64.2 Å². The van der Waals surface area contributed by atoms with Gasteiger partial charge in [0.05, 0.1) is 19.6 Å². The van der Waals surface area contributed by atoms with E-state index in [0.29, 0.717) is 23.3 Å². The van der Waals surface area contributed by atoms with Crippen LogP contribution in [0, 0.1) is 6.92 Å². The van der Waals surface area contributed by atoms with Crippen LogP contribution in [-0.2, 0) is 6.42 Å². The minimum atomic E-state index is -0.140. The summed E-state index contributed by atoms with van der Waals surface area (Å²) in [5, 5.41) is 1.40. The average Bonchev–Trinajstić information content (AvgIpc) is 2.56. The SMILES string of the molecule is COc1cc2cc(Cc3ccc(C)nc3)[nH]c(=O)c2cc1OC. The van der Waals surface area contributed by atoms with Gasteiger partial charge in [0.1, 0.15) is 0 Å². The highest BCUT2D eigenvalue weighted by atomic mass is 16.5. The van der Waals surface area contributed by atoms with Gasteiger partial charge in [0, 0.05) is 24.0 Å². The third kappa shape index (κ3) is 3.04. The number of nitrogens with one attached hydrogen (secondary N) is 1. The summed E-state index contributed by atoms with van der Waals surface area (Å²) in [5.74, 6) is 1.15. The molecule has 0 saturated carbocycles. The van der Waals surface area contributed by atoms with Gasteiger partial charge in [0.25, 0.3) is 5.56 Å². The lowest BCUT2D eigenvalue weighted by molar-refractivity contribution is 0.356. The van der Waals surface area contributed by atoms with E-state index in [1.54, 1.807) is 20.3 Å². The number of rotatable bonds is 4. The van der Waals surface area contributed by atoms with Crippen molar-refractivity contribution in [1.82, 2.24) is 9.97 Å². The monoisotopic (exact) mass is 310 g/mol. The predicted molar refractivity (Wildman–Crippen MR) is 89.5 cm³/mol. The second-order valence-electron chi connectivity index (χ2n) is 5.40. The summed E-state index contributed by atoms with van der Waals surface area (Å²) in [6.45, 7) is 1.95. The number of aromatic amines is 1. The van der Waals surface area contributed by atoms with Crippen LogP contribution in [0.1, 0.15) is 17.0 Å². The quantitative estimate of drug-likeness (QED) is 0.805. The van der Waals surface area contributed by atoms with Gasteiger partial charge >= 0.3 is 0 Å². The molecule has 118 valence electrons. The van der Waals surface area contributed by atoms with Crippen LogP contribution in [0.5, 0.6) is 11.5 Å². The van der Waals surface area contributed by atoms with Crippen LogP contribution in [-0.4, -0.2) is 24.2 Å². The molecule has 0 radical (unpaired) electrons. The molecule has 0 saturated heterocycles. The second-order valence-corrected chi connectivity index (χ2v) is 5.40. The molecule has 2 aromatic heterocycles. The van der Waals surface area contributed by atoms with Crippen LogP contribution in [0.15, 0.2) is 41.3 Å². The Morgan fingerprint density at radius 2 is 1.83 bits per heavy atom. The van der Waals surface area contributed by atoms with Gasteiger partial charge in [-0.15, -0.1) is 0 Å². The standard InChI is InChI=1S/C18H18N2O3/c1-11-4-5-12(10-19-11)6-14-7-13-8-16(22-2)17(23-3)9-15(13)18(21)20-14/h4-5,7-10H,6H2,1-3H3,(H,20,21). The normalized spacial score (nSPS) is 10.7. The van der Waals surface area contributed by atoms with E-state index >= 15 is 0 Å². The molecule has 23 heavy (non-hydrogen) atoms. The van der Waals surface area contributed by atoms with Crippen LogP contribution >= 0.6 is 0 Å². The van der Waals surface area contributed by atoms with E-state index in [2.05, 4.69) is 9.97 Å². The number of nitrogens with zero attached hydrogens (tertiary/aromatic N) is 1. The van der Waals surface area contributed by atoms with Crippen molar-refractivity contribution < 1.29 is 9.47 Å². The van der Waals surface area contributed by atoms with Crippen LogP contribution in [0.4, 0.5) is 0 Å². The fraction of sp³-hybridized carbons (Fsp3) is 0.222. The number of aryl methyl sites for hydroxylation is 1. The van der Waals surface area contributed by atoms with Crippen molar-refractivity contribution in [3.8, 4) is 11.5 Å². The average molecular weight is 310 g/mol. The Bertz CT molecular complexity index is 899. The summed E-state index contributed by atoms with van der Waals surface area (Å²) in [4.78, 5) is 19.5. The lowest BCUT2D eigenvalue weighted by atomic mass is 10.1. The molecule has 5 nitrogen and oxygen atoms in total. The molecule has 3 aromatic rings. The van der Waals surface area contributed by atoms with Crippen molar-refractivity contribution in [1.29, 1.82) is 0 Å². The minimum absolute atomic E-state index is 0.140. The molecule has 3 rings (SSSR count). The van der Waals surface area contributed by atoms with Gasteiger partial charge in [-0.3, -0.25) is 9.78 Å². The molecule has 0 spiro atoms. The zero-order valence-electron chi connectivity index (χ0n) is 13.3. The van der Waals surface area contributed by atoms with Crippen molar-refractivity contribution in [2.75, 3.05) is 14.2 Å². The molecular weight excluding hydrogens is 292 g/mol. The molecule has 0 aliphatic carbocycles. The first-order chi connectivity index (χ1) is 11.1. The van der Waals surface area contributed by atoms with Gasteiger partial charge in [0.2, 0.25) is 0 Å². The molecule has 1 N–H and O–H groups in total. The number of hydrogen-bond acceptors (Lipinski definition) is 4. The van der Waals surface area contributed by atoms with E-state index < -0.39 is 0 Å². The van der Waals surface area contributed by atoms with Crippen molar-refractivity contribution >= 4 is 10.8 Å². The Hall–Kier alpha value is -2.82. The first-order valence-electron chi connectivity index (χ1n) is 7.30. The van der Waals surface area contributed by atoms with Crippen LogP contribution < -0.4 is 15.0 Å². The number of ether oxygens (including phenoxy) is 2. The van der Waals surface area contributed by atoms with Gasteiger partial charge < -0.3 is 14.5 Å². The maximum absolute atomic E-state index is 12.3. The predicted octanol–water partition coefficient (Wildman–Crippen LogP) is 2.84. The molecule has 0 fully saturated rings. The van der Waals surface area contributed by atoms with Gasteiger partial charge in [-0.2, -0.15) is 0 Å². The summed E-state index contributed by atoms with van der Waals surface area (Å²) in [6, 6.07) is 9.45. The Balaban J connectivity index is 2.06. The van der Waals surface area contributed by atoms with Gasteiger partial charge in [-0.1, -0.05) is 6.07 Å². The summed E-state index contributed by atoms with van der Waals surface area (Å²) >= 11 is 0. The Kier molecular flexibility index (Phi) is 4.02. The third-order valence-corrected chi connectivity index (χ3v) is 3.77. The van der Waals surface area contributed by atoms with Crippen molar-refractivity contribution in [3.63, 3.8) is 0 Å². The summed E-state index contributed by atoms with van der Waals surface area (Å²) in [7, 11) is 3.13. The largest absolute Gasteiger partial charge is 0.493 e. The highest BCUT2D eigenvalue weighted by Gasteiger charge is 2.10. The van der Waals surface area contributed by atoms with Crippen molar-refractivity contribution in [3.05, 3.63) is 63.8 Å². The second kappa shape index (κ2) is 6.12. The molecule has 0 aliphatic rings. The first kappa shape index (κ1) is 15.1. The lowest BCUT2D eigenvalue weighted by Gasteiger charge is -2.10. The highest BCUT2D eigenvalue weighted by molar-refractivity contribution is 5.85. The molecule has 0 bridgehead atoms. The number of aromatic nitrogens is 2. The maximum Gasteiger partial charge on any atom is 0.256 e. The van der Waals surface area contributed by atoms with Gasteiger partial charge in [-0.25, -0.2) is 0 Å². The Morgan fingerprint density at radius 3 is 2.48 bits per heavy atom. The number of benzene rings is 1. The lowest BCUT2D eigenvalue weighted by Crippen LogP contribution is -2.10. The molecular formula is C18H18N2O3.